The molecule has 0 fully saturated rings. The van der Waals surface area contributed by atoms with Crippen molar-refractivity contribution in [2.45, 2.75) is 11.8 Å². The summed E-state index contributed by atoms with van der Waals surface area (Å²) in [6, 6.07) is 17.5. The number of hydrogen-bond acceptors (Lipinski definition) is 5. The highest BCUT2D eigenvalue weighted by Crippen LogP contribution is 2.38. The van der Waals surface area contributed by atoms with E-state index in [1.807, 2.05) is 43.3 Å². The van der Waals surface area contributed by atoms with Crippen LogP contribution in [0.4, 0.5) is 5.69 Å². The molecule has 1 N–H and O–H groups in total. The molecule has 0 aliphatic carbocycles. The van der Waals surface area contributed by atoms with Crippen LogP contribution < -0.4 is 18.9 Å². The van der Waals surface area contributed by atoms with Gasteiger partial charge in [-0.3, -0.25) is 4.72 Å². The molecule has 0 saturated carbocycles. The molecule has 0 aliphatic heterocycles. The Morgan fingerprint density at radius 2 is 1.42 bits per heavy atom. The number of aryl methyl sites for hydroxylation is 1. The average Bonchev–Trinajstić information content (AvgIpc) is 2.77. The van der Waals surface area contributed by atoms with Crippen LogP contribution in [0.15, 0.2) is 65.6 Å². The lowest BCUT2D eigenvalue weighted by atomic mass is 10.1. The van der Waals surface area contributed by atoms with Crippen molar-refractivity contribution in [3.8, 4) is 17.2 Å². The molecule has 0 amide bonds. The molecule has 0 aromatic heterocycles. The average molecular weight is 440 g/mol. The third-order valence-corrected chi connectivity index (χ3v) is 6.06. The molecule has 6 nitrogen and oxygen atoms in total. The maximum atomic E-state index is 12.8. The molecule has 7 heteroatoms. The van der Waals surface area contributed by atoms with Crippen molar-refractivity contribution < 1.29 is 22.6 Å². The minimum atomic E-state index is -3.71. The van der Waals surface area contributed by atoms with Crippen LogP contribution in [0.25, 0.3) is 12.2 Å². The minimum absolute atomic E-state index is 0.210. The van der Waals surface area contributed by atoms with Gasteiger partial charge in [-0.25, -0.2) is 8.42 Å². The first-order chi connectivity index (χ1) is 14.9. The van der Waals surface area contributed by atoms with Gasteiger partial charge in [0.15, 0.2) is 11.5 Å². The molecular formula is C24H25NO5S. The normalized spacial score (nSPS) is 11.4. The van der Waals surface area contributed by atoms with Crippen molar-refractivity contribution in [1.29, 1.82) is 0 Å². The van der Waals surface area contributed by atoms with E-state index in [4.69, 9.17) is 14.2 Å². The second-order valence-corrected chi connectivity index (χ2v) is 8.48. The standard InChI is InChI=1S/C24H25NO5S/c1-17-9-13-20(14-10-17)31(26,27)25-21-8-6-5-7-19(21)12-11-18-15-22(28-2)24(30-4)23(16-18)29-3/h5-16,25H,1-4H3. The number of benzene rings is 3. The molecule has 31 heavy (non-hydrogen) atoms. The Morgan fingerprint density at radius 1 is 0.806 bits per heavy atom. The van der Waals surface area contributed by atoms with E-state index in [9.17, 15) is 8.42 Å². The fourth-order valence-corrected chi connectivity index (χ4v) is 4.13. The number of ether oxygens (including phenoxy) is 3. The summed E-state index contributed by atoms with van der Waals surface area (Å²) < 4.78 is 44.4. The van der Waals surface area contributed by atoms with Crippen LogP contribution in [0.5, 0.6) is 17.2 Å². The van der Waals surface area contributed by atoms with Gasteiger partial charge in [0.25, 0.3) is 10.0 Å². The highest BCUT2D eigenvalue weighted by Gasteiger charge is 2.15. The summed E-state index contributed by atoms with van der Waals surface area (Å²) in [4.78, 5) is 0.210. The largest absolute Gasteiger partial charge is 0.493 e. The van der Waals surface area contributed by atoms with Gasteiger partial charge in [0.2, 0.25) is 5.75 Å². The first-order valence-electron chi connectivity index (χ1n) is 9.54. The maximum absolute atomic E-state index is 12.8. The monoisotopic (exact) mass is 439 g/mol. The number of hydrogen-bond donors (Lipinski definition) is 1. The highest BCUT2D eigenvalue weighted by molar-refractivity contribution is 7.92. The first-order valence-corrected chi connectivity index (χ1v) is 11.0. The van der Waals surface area contributed by atoms with Crippen molar-refractivity contribution in [2.24, 2.45) is 0 Å². The Labute approximate surface area is 183 Å². The van der Waals surface area contributed by atoms with Gasteiger partial charge < -0.3 is 14.2 Å². The van der Waals surface area contributed by atoms with E-state index in [1.54, 1.807) is 57.7 Å². The Kier molecular flexibility index (Phi) is 6.87. The Hall–Kier alpha value is -3.45. The Balaban J connectivity index is 1.92. The van der Waals surface area contributed by atoms with Gasteiger partial charge in [0.05, 0.1) is 31.9 Å². The van der Waals surface area contributed by atoms with Crippen molar-refractivity contribution in [3.05, 3.63) is 77.4 Å². The minimum Gasteiger partial charge on any atom is -0.493 e. The van der Waals surface area contributed by atoms with Crippen LogP contribution in [0.2, 0.25) is 0 Å². The van der Waals surface area contributed by atoms with E-state index in [1.165, 1.54) is 0 Å². The lowest BCUT2D eigenvalue weighted by molar-refractivity contribution is 0.324. The Morgan fingerprint density at radius 3 is 2.00 bits per heavy atom. The molecule has 3 aromatic carbocycles. The molecule has 0 aliphatic rings. The van der Waals surface area contributed by atoms with Crippen LogP contribution in [0, 0.1) is 6.92 Å². The highest BCUT2D eigenvalue weighted by atomic mass is 32.2. The van der Waals surface area contributed by atoms with Crippen molar-refractivity contribution in [1.82, 2.24) is 0 Å². The molecule has 3 rings (SSSR count). The summed E-state index contributed by atoms with van der Waals surface area (Å²) >= 11 is 0. The second-order valence-electron chi connectivity index (χ2n) is 6.80. The van der Waals surface area contributed by atoms with Gasteiger partial charge in [-0.1, -0.05) is 48.0 Å². The van der Waals surface area contributed by atoms with Gasteiger partial charge in [0, 0.05) is 0 Å². The van der Waals surface area contributed by atoms with E-state index in [2.05, 4.69) is 4.72 Å². The van der Waals surface area contributed by atoms with Crippen LogP contribution in [-0.4, -0.2) is 29.7 Å². The van der Waals surface area contributed by atoms with Crippen LogP contribution in [0.3, 0.4) is 0 Å². The molecular weight excluding hydrogens is 414 g/mol. The first kappa shape index (κ1) is 22.2. The quantitative estimate of drug-likeness (QED) is 0.501. The predicted molar refractivity (Wildman–Crippen MR) is 123 cm³/mol. The molecule has 0 saturated heterocycles. The lowest BCUT2D eigenvalue weighted by Gasteiger charge is -2.13. The zero-order chi connectivity index (χ0) is 22.4. The summed E-state index contributed by atoms with van der Waals surface area (Å²) in [5, 5.41) is 0. The van der Waals surface area contributed by atoms with E-state index in [0.717, 1.165) is 11.1 Å². The zero-order valence-electron chi connectivity index (χ0n) is 17.9. The summed E-state index contributed by atoms with van der Waals surface area (Å²) in [6.07, 6.45) is 3.68. The second kappa shape index (κ2) is 9.57. The number of anilines is 1. The van der Waals surface area contributed by atoms with E-state index >= 15 is 0 Å². The lowest BCUT2D eigenvalue weighted by Crippen LogP contribution is -2.13. The number of nitrogens with one attached hydrogen (secondary N) is 1. The van der Waals surface area contributed by atoms with Crippen molar-refractivity contribution in [3.63, 3.8) is 0 Å². The molecule has 0 atom stereocenters. The maximum Gasteiger partial charge on any atom is 0.261 e. The van der Waals surface area contributed by atoms with Crippen molar-refractivity contribution >= 4 is 27.9 Å². The zero-order valence-corrected chi connectivity index (χ0v) is 18.7. The summed E-state index contributed by atoms with van der Waals surface area (Å²) in [7, 11) is 0.953. The third-order valence-electron chi connectivity index (χ3n) is 4.68. The summed E-state index contributed by atoms with van der Waals surface area (Å²) in [6.45, 7) is 1.91. The number of sulfonamides is 1. The van der Waals surface area contributed by atoms with E-state index < -0.39 is 10.0 Å². The van der Waals surface area contributed by atoms with Gasteiger partial charge in [-0.05, 0) is 48.4 Å². The topological polar surface area (TPSA) is 73.9 Å². The predicted octanol–water partition coefficient (Wildman–Crippen LogP) is 4.99. The van der Waals surface area contributed by atoms with Crippen molar-refractivity contribution in [2.75, 3.05) is 26.1 Å². The van der Waals surface area contributed by atoms with Crippen LogP contribution in [-0.2, 0) is 10.0 Å². The fraction of sp³-hybridized carbons (Fsp3) is 0.167. The molecule has 0 spiro atoms. The van der Waals surface area contributed by atoms with Crippen LogP contribution in [0.1, 0.15) is 16.7 Å². The SMILES string of the molecule is COc1cc(C=Cc2ccccc2NS(=O)(=O)c2ccc(C)cc2)cc(OC)c1OC. The molecule has 0 unspecified atom stereocenters. The fourth-order valence-electron chi connectivity index (χ4n) is 3.04. The van der Waals surface area contributed by atoms with Gasteiger partial charge in [0.1, 0.15) is 0 Å². The van der Waals surface area contributed by atoms with Crippen LogP contribution >= 0.6 is 0 Å². The smallest absolute Gasteiger partial charge is 0.261 e. The number of para-hydroxylation sites is 1. The number of rotatable bonds is 8. The van der Waals surface area contributed by atoms with E-state index in [0.29, 0.717) is 28.5 Å². The van der Waals surface area contributed by atoms with E-state index in [-0.39, 0.29) is 4.90 Å². The molecule has 162 valence electrons. The van der Waals surface area contributed by atoms with Gasteiger partial charge in [-0.2, -0.15) is 0 Å². The molecule has 0 heterocycles. The van der Waals surface area contributed by atoms with Gasteiger partial charge in [-0.15, -0.1) is 0 Å². The number of methoxy groups -OCH3 is 3. The Bertz CT molecular complexity index is 1160. The van der Waals surface area contributed by atoms with Gasteiger partial charge >= 0.3 is 0 Å². The summed E-state index contributed by atoms with van der Waals surface area (Å²) in [5.74, 6) is 1.58. The molecule has 0 bridgehead atoms. The third kappa shape index (κ3) is 5.19. The summed E-state index contributed by atoms with van der Waals surface area (Å²) in [5.41, 5.74) is 3.00. The molecule has 0 radical (unpaired) electrons. The molecule has 3 aromatic rings.